The molecule has 0 atom stereocenters. The third-order valence-corrected chi connectivity index (χ3v) is 5.23. The maximum absolute atomic E-state index is 11.7. The highest BCUT2D eigenvalue weighted by Crippen LogP contribution is 2.46. The van der Waals surface area contributed by atoms with E-state index in [1.807, 2.05) is 18.2 Å². The van der Waals surface area contributed by atoms with Crippen LogP contribution in [0.15, 0.2) is 35.9 Å². The number of carboxylic acid groups (broad SMARTS) is 2. The fraction of sp³-hybridized carbons (Fsp3) is 0.429. The van der Waals surface area contributed by atoms with E-state index in [1.54, 1.807) is 0 Å². The molecule has 0 spiro atoms. The van der Waals surface area contributed by atoms with Gasteiger partial charge in [0.25, 0.3) is 0 Å². The Bertz CT molecular complexity index is 779. The van der Waals surface area contributed by atoms with Crippen molar-refractivity contribution in [1.29, 1.82) is 0 Å². The number of rotatable bonds is 4. The van der Waals surface area contributed by atoms with Gasteiger partial charge in [0, 0.05) is 5.57 Å². The molecule has 1 aliphatic carbocycles. The van der Waals surface area contributed by atoms with Crippen molar-refractivity contribution in [2.75, 3.05) is 0 Å². The number of hydrogen-bond donors (Lipinski definition) is 2. The van der Waals surface area contributed by atoms with E-state index in [1.165, 1.54) is 30.2 Å². The molecular weight excluding hydrogens is 316 g/mol. The zero-order chi connectivity index (χ0) is 19.0. The molecule has 2 rings (SSSR count). The zero-order valence-electron chi connectivity index (χ0n) is 15.5. The van der Waals surface area contributed by atoms with E-state index in [9.17, 15) is 14.7 Å². The second-order valence-electron chi connectivity index (χ2n) is 8.07. The standard InChI is InChI=1S/C21H26O4/c1-13(18(22)23)6-8-15(19(24)25)14-7-9-16-17(12-14)21(4,5)11-10-20(16,2)3/h6-9,12H,10-11H2,1-5H3,(H,22,23)(H,24,25). The van der Waals surface area contributed by atoms with Crippen molar-refractivity contribution >= 4 is 17.5 Å². The molecule has 0 aliphatic heterocycles. The molecule has 25 heavy (non-hydrogen) atoms. The first-order valence-electron chi connectivity index (χ1n) is 8.46. The molecule has 0 saturated heterocycles. The van der Waals surface area contributed by atoms with Crippen molar-refractivity contribution in [1.82, 2.24) is 0 Å². The van der Waals surface area contributed by atoms with Gasteiger partial charge >= 0.3 is 11.9 Å². The number of hydrogen-bond acceptors (Lipinski definition) is 2. The normalized spacial score (nSPS) is 19.2. The van der Waals surface area contributed by atoms with E-state index in [0.717, 1.165) is 12.8 Å². The SMILES string of the molecule is CC(=CC=C(C(=O)O)c1ccc2c(c1)C(C)(C)CCC2(C)C)C(=O)O. The first kappa shape index (κ1) is 19.0. The van der Waals surface area contributed by atoms with Crippen LogP contribution in [-0.2, 0) is 20.4 Å². The molecule has 0 aromatic heterocycles. The lowest BCUT2D eigenvalue weighted by atomic mass is 9.63. The summed E-state index contributed by atoms with van der Waals surface area (Å²) in [6.07, 6.45) is 4.84. The smallest absolute Gasteiger partial charge is 0.336 e. The van der Waals surface area contributed by atoms with Gasteiger partial charge in [-0.05, 0) is 53.4 Å². The van der Waals surface area contributed by atoms with Crippen LogP contribution < -0.4 is 0 Å². The molecule has 0 radical (unpaired) electrons. The monoisotopic (exact) mass is 342 g/mol. The minimum Gasteiger partial charge on any atom is -0.478 e. The fourth-order valence-electron chi connectivity index (χ4n) is 3.33. The van der Waals surface area contributed by atoms with Crippen molar-refractivity contribution in [3.8, 4) is 0 Å². The van der Waals surface area contributed by atoms with E-state index in [-0.39, 0.29) is 22.0 Å². The largest absolute Gasteiger partial charge is 0.478 e. The number of carboxylic acids is 2. The number of fused-ring (bicyclic) bond motifs is 1. The first-order chi connectivity index (χ1) is 11.5. The van der Waals surface area contributed by atoms with Gasteiger partial charge in [-0.2, -0.15) is 0 Å². The topological polar surface area (TPSA) is 74.6 Å². The van der Waals surface area contributed by atoms with Gasteiger partial charge in [0.15, 0.2) is 0 Å². The third-order valence-electron chi connectivity index (χ3n) is 5.23. The van der Waals surface area contributed by atoms with Crippen LogP contribution >= 0.6 is 0 Å². The lowest BCUT2D eigenvalue weighted by Gasteiger charge is -2.42. The first-order valence-corrected chi connectivity index (χ1v) is 8.46. The van der Waals surface area contributed by atoms with Gasteiger partial charge in [0.2, 0.25) is 0 Å². The number of benzene rings is 1. The van der Waals surface area contributed by atoms with Gasteiger partial charge in [-0.1, -0.05) is 52.0 Å². The Balaban J connectivity index is 2.59. The summed E-state index contributed by atoms with van der Waals surface area (Å²) < 4.78 is 0. The number of carbonyl (C=O) groups is 2. The van der Waals surface area contributed by atoms with Gasteiger partial charge in [-0.3, -0.25) is 0 Å². The predicted molar refractivity (Wildman–Crippen MR) is 98.7 cm³/mol. The molecule has 0 fully saturated rings. The molecule has 0 unspecified atom stereocenters. The Hall–Kier alpha value is -2.36. The summed E-state index contributed by atoms with van der Waals surface area (Å²) in [7, 11) is 0. The average Bonchev–Trinajstić information content (AvgIpc) is 2.51. The van der Waals surface area contributed by atoms with Crippen molar-refractivity contribution in [3.05, 3.63) is 52.6 Å². The summed E-state index contributed by atoms with van der Waals surface area (Å²) in [6.45, 7) is 10.2. The van der Waals surface area contributed by atoms with E-state index >= 15 is 0 Å². The second-order valence-corrected chi connectivity index (χ2v) is 8.07. The van der Waals surface area contributed by atoms with Crippen LogP contribution in [-0.4, -0.2) is 22.2 Å². The Labute approximate surface area is 148 Å². The molecular formula is C21H26O4. The molecule has 0 amide bonds. The lowest BCUT2D eigenvalue weighted by molar-refractivity contribution is -0.133. The molecule has 4 nitrogen and oxygen atoms in total. The van der Waals surface area contributed by atoms with Crippen LogP contribution in [0.1, 0.15) is 64.2 Å². The summed E-state index contributed by atoms with van der Waals surface area (Å²) in [5.74, 6) is -2.13. The highest BCUT2D eigenvalue weighted by Gasteiger charge is 2.37. The van der Waals surface area contributed by atoms with E-state index in [0.29, 0.717) is 5.56 Å². The molecule has 0 heterocycles. The van der Waals surface area contributed by atoms with Crippen molar-refractivity contribution < 1.29 is 19.8 Å². The molecule has 0 saturated carbocycles. The van der Waals surface area contributed by atoms with Crippen LogP contribution in [0.4, 0.5) is 0 Å². The fourth-order valence-corrected chi connectivity index (χ4v) is 3.33. The summed E-state index contributed by atoms with van der Waals surface area (Å²) in [5.41, 5.74) is 3.28. The third kappa shape index (κ3) is 3.84. The van der Waals surface area contributed by atoms with Gasteiger partial charge in [0.1, 0.15) is 0 Å². The Morgan fingerprint density at radius 2 is 1.48 bits per heavy atom. The van der Waals surface area contributed by atoms with Gasteiger partial charge < -0.3 is 10.2 Å². The molecule has 4 heteroatoms. The zero-order valence-corrected chi connectivity index (χ0v) is 15.5. The van der Waals surface area contributed by atoms with E-state index < -0.39 is 11.9 Å². The van der Waals surface area contributed by atoms with Crippen molar-refractivity contribution in [2.24, 2.45) is 0 Å². The van der Waals surface area contributed by atoms with Crippen LogP contribution in [0.25, 0.3) is 5.57 Å². The molecule has 1 aromatic rings. The van der Waals surface area contributed by atoms with Gasteiger partial charge in [-0.15, -0.1) is 0 Å². The summed E-state index contributed by atoms with van der Waals surface area (Å²) in [5, 5.41) is 18.5. The Morgan fingerprint density at radius 1 is 0.920 bits per heavy atom. The van der Waals surface area contributed by atoms with Crippen molar-refractivity contribution in [3.63, 3.8) is 0 Å². The van der Waals surface area contributed by atoms with E-state index in [2.05, 4.69) is 27.7 Å². The minimum absolute atomic E-state index is 0.0166. The molecule has 1 aliphatic rings. The van der Waals surface area contributed by atoms with E-state index in [4.69, 9.17) is 5.11 Å². The Morgan fingerprint density at radius 3 is 2.00 bits per heavy atom. The number of allylic oxidation sites excluding steroid dienone is 2. The summed E-state index contributed by atoms with van der Waals surface area (Å²) in [6, 6.07) is 5.81. The molecule has 1 aromatic carbocycles. The van der Waals surface area contributed by atoms with Crippen LogP contribution in [0.5, 0.6) is 0 Å². The molecule has 134 valence electrons. The Kier molecular flexibility index (Phi) is 4.94. The summed E-state index contributed by atoms with van der Waals surface area (Å²) >= 11 is 0. The van der Waals surface area contributed by atoms with Gasteiger partial charge in [-0.25, -0.2) is 9.59 Å². The maximum Gasteiger partial charge on any atom is 0.336 e. The number of aliphatic carboxylic acids is 2. The highest BCUT2D eigenvalue weighted by atomic mass is 16.4. The quantitative estimate of drug-likeness (QED) is 0.622. The minimum atomic E-state index is -1.07. The highest BCUT2D eigenvalue weighted by molar-refractivity contribution is 6.16. The average molecular weight is 342 g/mol. The predicted octanol–water partition coefficient (Wildman–Crippen LogP) is 4.53. The van der Waals surface area contributed by atoms with Crippen molar-refractivity contribution in [2.45, 2.75) is 58.3 Å². The second kappa shape index (κ2) is 6.51. The van der Waals surface area contributed by atoms with Crippen LogP contribution in [0.2, 0.25) is 0 Å². The summed E-state index contributed by atoms with van der Waals surface area (Å²) in [4.78, 5) is 22.6. The maximum atomic E-state index is 11.7. The van der Waals surface area contributed by atoms with Crippen LogP contribution in [0, 0.1) is 0 Å². The molecule has 0 bridgehead atoms. The van der Waals surface area contributed by atoms with Crippen LogP contribution in [0.3, 0.4) is 0 Å². The lowest BCUT2D eigenvalue weighted by Crippen LogP contribution is -2.33. The molecule has 2 N–H and O–H groups in total. The van der Waals surface area contributed by atoms with Gasteiger partial charge in [0.05, 0.1) is 5.57 Å².